The van der Waals surface area contributed by atoms with E-state index in [1.54, 1.807) is 18.2 Å². The van der Waals surface area contributed by atoms with Gasteiger partial charge in [0.25, 0.3) is 5.91 Å². The van der Waals surface area contributed by atoms with Gasteiger partial charge in [-0.3, -0.25) is 4.79 Å². The minimum absolute atomic E-state index is 0.0743. The van der Waals surface area contributed by atoms with Crippen molar-refractivity contribution >= 4 is 11.6 Å². The fraction of sp³-hybridized carbons (Fsp3) is 0.500. The van der Waals surface area contributed by atoms with Crippen LogP contribution < -0.4 is 11.1 Å². The molecule has 1 aromatic carbocycles. The summed E-state index contributed by atoms with van der Waals surface area (Å²) >= 11 is 0. The van der Waals surface area contributed by atoms with Crippen LogP contribution in [0.1, 0.15) is 29.8 Å². The number of hydrogen-bond donors (Lipinski definition) is 2. The van der Waals surface area contributed by atoms with Crippen molar-refractivity contribution in [3.05, 3.63) is 29.3 Å². The molecule has 0 aromatic heterocycles. The van der Waals surface area contributed by atoms with Crippen LogP contribution in [0.2, 0.25) is 0 Å². The number of nitrogens with one attached hydrogen (secondary N) is 1. The molecule has 4 heteroatoms. The number of rotatable bonds is 4. The molecule has 0 radical (unpaired) electrons. The number of amides is 1. The molecule has 0 saturated heterocycles. The maximum Gasteiger partial charge on any atom is 0.251 e. The number of carbonyl (C=O) groups is 1. The first kappa shape index (κ1) is 14.5. The van der Waals surface area contributed by atoms with Crippen LogP contribution >= 0.6 is 0 Å². The van der Waals surface area contributed by atoms with Crippen LogP contribution in [0.3, 0.4) is 0 Å². The second kappa shape index (κ2) is 5.40. The molecule has 0 bridgehead atoms. The molecule has 0 aliphatic heterocycles. The van der Waals surface area contributed by atoms with Crippen molar-refractivity contribution in [1.29, 1.82) is 0 Å². The topological polar surface area (TPSA) is 58.4 Å². The van der Waals surface area contributed by atoms with Crippen LogP contribution in [0.5, 0.6) is 0 Å². The zero-order chi connectivity index (χ0) is 13.9. The quantitative estimate of drug-likeness (QED) is 0.798. The molecule has 1 aromatic rings. The number of nitrogens with two attached hydrogens (primary N) is 1. The maximum atomic E-state index is 12.1. The number of hydrogen-bond acceptors (Lipinski definition) is 3. The predicted octanol–water partition coefficient (Wildman–Crippen LogP) is 1.65. The summed E-state index contributed by atoms with van der Waals surface area (Å²) in [5.74, 6) is -0.0743. The summed E-state index contributed by atoms with van der Waals surface area (Å²) in [6, 6.07) is 5.40. The van der Waals surface area contributed by atoms with Crippen LogP contribution in [0, 0.1) is 6.92 Å². The smallest absolute Gasteiger partial charge is 0.251 e. The summed E-state index contributed by atoms with van der Waals surface area (Å²) in [6.45, 7) is 6.62. The molecule has 0 aliphatic rings. The fourth-order valence-corrected chi connectivity index (χ4v) is 1.45. The lowest BCUT2D eigenvalue weighted by Crippen LogP contribution is -2.48. The average molecular weight is 249 g/mol. The van der Waals surface area contributed by atoms with Crippen molar-refractivity contribution in [2.24, 2.45) is 0 Å². The number of nitrogen functional groups attached to an aromatic ring is 1. The van der Waals surface area contributed by atoms with Crippen LogP contribution in [-0.2, 0) is 0 Å². The van der Waals surface area contributed by atoms with Gasteiger partial charge in [-0.2, -0.15) is 0 Å². The summed E-state index contributed by atoms with van der Waals surface area (Å²) in [5, 5.41) is 2.95. The molecule has 0 atom stereocenters. The van der Waals surface area contributed by atoms with Gasteiger partial charge in [-0.05, 0) is 52.6 Å². The predicted molar refractivity (Wildman–Crippen MR) is 75.7 cm³/mol. The van der Waals surface area contributed by atoms with Gasteiger partial charge < -0.3 is 16.0 Å². The first-order valence-electron chi connectivity index (χ1n) is 6.06. The zero-order valence-corrected chi connectivity index (χ0v) is 11.9. The summed E-state index contributed by atoms with van der Waals surface area (Å²) in [4.78, 5) is 14.2. The maximum absolute atomic E-state index is 12.1. The third-order valence-electron chi connectivity index (χ3n) is 3.51. The second-order valence-electron chi connectivity index (χ2n) is 5.41. The van der Waals surface area contributed by atoms with Crippen molar-refractivity contribution in [3.63, 3.8) is 0 Å². The number of anilines is 1. The molecular weight excluding hydrogens is 226 g/mol. The average Bonchev–Trinajstić information content (AvgIpc) is 2.29. The van der Waals surface area contributed by atoms with E-state index in [-0.39, 0.29) is 11.4 Å². The van der Waals surface area contributed by atoms with E-state index in [1.165, 1.54) is 0 Å². The highest BCUT2D eigenvalue weighted by molar-refractivity contribution is 5.96. The molecule has 4 nitrogen and oxygen atoms in total. The van der Waals surface area contributed by atoms with Crippen molar-refractivity contribution in [3.8, 4) is 0 Å². The Bertz CT molecular complexity index is 439. The van der Waals surface area contributed by atoms with Gasteiger partial charge in [0.05, 0.1) is 0 Å². The molecule has 3 N–H and O–H groups in total. The highest BCUT2D eigenvalue weighted by Crippen LogP contribution is 2.16. The Morgan fingerprint density at radius 2 is 2.00 bits per heavy atom. The molecule has 0 aliphatic carbocycles. The Morgan fingerprint density at radius 3 is 2.56 bits per heavy atom. The lowest BCUT2D eigenvalue weighted by molar-refractivity contribution is 0.0919. The van der Waals surface area contributed by atoms with Crippen molar-refractivity contribution < 1.29 is 4.79 Å². The van der Waals surface area contributed by atoms with Gasteiger partial charge in [0.15, 0.2) is 0 Å². The molecule has 1 amide bonds. The second-order valence-corrected chi connectivity index (χ2v) is 5.41. The number of carbonyl (C=O) groups excluding carboxylic acids is 1. The van der Waals surface area contributed by atoms with Crippen LogP contribution in [0.25, 0.3) is 0 Å². The highest BCUT2D eigenvalue weighted by Gasteiger charge is 2.21. The van der Waals surface area contributed by atoms with Gasteiger partial charge in [0.2, 0.25) is 0 Å². The van der Waals surface area contributed by atoms with Crippen LogP contribution in [-0.4, -0.2) is 37.0 Å². The molecule has 0 saturated carbocycles. The van der Waals surface area contributed by atoms with E-state index in [2.05, 4.69) is 24.1 Å². The standard InChI is InChI=1S/C14H23N3O/c1-10-11(7-6-8-12(10)15)13(18)16-9-14(2,3)17(4)5/h6-8H,9,15H2,1-5H3,(H,16,18). The van der Waals surface area contributed by atoms with E-state index in [1.807, 2.05) is 21.0 Å². The number of likely N-dealkylation sites (N-methyl/N-ethyl adjacent to an activating group) is 1. The summed E-state index contributed by atoms with van der Waals surface area (Å²) in [5.41, 5.74) is 7.84. The molecule has 0 unspecified atom stereocenters. The first-order chi connectivity index (χ1) is 8.25. The molecule has 0 fully saturated rings. The highest BCUT2D eigenvalue weighted by atomic mass is 16.1. The monoisotopic (exact) mass is 249 g/mol. The van der Waals surface area contributed by atoms with Crippen molar-refractivity contribution in [2.75, 3.05) is 26.4 Å². The molecule has 0 heterocycles. The van der Waals surface area contributed by atoms with Gasteiger partial charge >= 0.3 is 0 Å². The zero-order valence-electron chi connectivity index (χ0n) is 11.9. The molecule has 18 heavy (non-hydrogen) atoms. The third kappa shape index (κ3) is 3.23. The Hall–Kier alpha value is -1.55. The Labute approximate surface area is 109 Å². The van der Waals surface area contributed by atoms with Gasteiger partial charge in [-0.1, -0.05) is 6.07 Å². The third-order valence-corrected chi connectivity index (χ3v) is 3.51. The largest absolute Gasteiger partial charge is 0.398 e. The molecule has 0 spiro atoms. The van der Waals surface area contributed by atoms with Gasteiger partial charge in [0.1, 0.15) is 0 Å². The van der Waals surface area contributed by atoms with Gasteiger partial charge in [0, 0.05) is 23.3 Å². The minimum Gasteiger partial charge on any atom is -0.398 e. The normalized spacial score (nSPS) is 11.7. The Balaban J connectivity index is 2.75. The van der Waals surface area contributed by atoms with Gasteiger partial charge in [-0.25, -0.2) is 0 Å². The Kier molecular flexibility index (Phi) is 4.35. The van der Waals surface area contributed by atoms with Crippen molar-refractivity contribution in [1.82, 2.24) is 10.2 Å². The number of nitrogens with zero attached hydrogens (tertiary/aromatic N) is 1. The fourth-order valence-electron chi connectivity index (χ4n) is 1.45. The van der Waals surface area contributed by atoms with E-state index in [9.17, 15) is 4.79 Å². The molecule has 100 valence electrons. The molecular formula is C14H23N3O. The van der Waals surface area contributed by atoms with Crippen molar-refractivity contribution in [2.45, 2.75) is 26.3 Å². The van der Waals surface area contributed by atoms with Gasteiger partial charge in [-0.15, -0.1) is 0 Å². The van der Waals surface area contributed by atoms with E-state index >= 15 is 0 Å². The number of benzene rings is 1. The minimum atomic E-state index is -0.0795. The lowest BCUT2D eigenvalue weighted by Gasteiger charge is -2.32. The summed E-state index contributed by atoms with van der Waals surface area (Å²) < 4.78 is 0. The van der Waals surface area contributed by atoms with E-state index in [0.717, 1.165) is 5.56 Å². The lowest BCUT2D eigenvalue weighted by atomic mass is 10.0. The van der Waals surface area contributed by atoms with E-state index < -0.39 is 0 Å². The van der Waals surface area contributed by atoms with E-state index in [4.69, 9.17) is 5.73 Å². The Morgan fingerprint density at radius 1 is 1.39 bits per heavy atom. The van der Waals surface area contributed by atoms with Crippen LogP contribution in [0.4, 0.5) is 5.69 Å². The SMILES string of the molecule is Cc1c(N)cccc1C(=O)NCC(C)(C)N(C)C. The summed E-state index contributed by atoms with van der Waals surface area (Å²) in [7, 11) is 4.00. The van der Waals surface area contributed by atoms with E-state index in [0.29, 0.717) is 17.8 Å². The molecule has 1 rings (SSSR count). The summed E-state index contributed by atoms with van der Waals surface area (Å²) in [6.07, 6.45) is 0. The first-order valence-corrected chi connectivity index (χ1v) is 6.06. The van der Waals surface area contributed by atoms with Crippen LogP contribution in [0.15, 0.2) is 18.2 Å².